The minimum atomic E-state index is -0.257. The molecule has 0 aromatic heterocycles. The number of amidine groups is 1. The molecule has 1 saturated heterocycles. The van der Waals surface area contributed by atoms with Crippen molar-refractivity contribution in [3.05, 3.63) is 62.4 Å². The van der Waals surface area contributed by atoms with Gasteiger partial charge in [0, 0.05) is 10.0 Å². The predicted octanol–water partition coefficient (Wildman–Crippen LogP) is 4.90. The molecule has 0 saturated carbocycles. The second-order valence-corrected chi connectivity index (χ2v) is 7.42. The topological polar surface area (TPSA) is 74.5 Å². The Kier molecular flexibility index (Phi) is 5.99. The number of hydrogen-bond donors (Lipinski definition) is 1. The van der Waals surface area contributed by atoms with Crippen molar-refractivity contribution in [1.82, 2.24) is 5.32 Å². The summed E-state index contributed by atoms with van der Waals surface area (Å²) in [6, 6.07) is 14.4. The molecule has 0 bridgehead atoms. The number of amides is 1. The summed E-state index contributed by atoms with van der Waals surface area (Å²) in [5, 5.41) is 12.4. The van der Waals surface area contributed by atoms with Crippen molar-refractivity contribution in [3.63, 3.8) is 0 Å². The molecular weight excluding hydrogens is 438 g/mol. The SMILES string of the molecule is N#CCOc1ccc(Br)cc1/C=C1\SC(=Nc2ccccc2Cl)NC1=O. The average Bonchev–Trinajstić information content (AvgIpc) is 2.95. The third-order valence-electron chi connectivity index (χ3n) is 3.28. The summed E-state index contributed by atoms with van der Waals surface area (Å²) in [6.45, 7) is -0.0731. The second-order valence-electron chi connectivity index (χ2n) is 5.06. The van der Waals surface area contributed by atoms with Gasteiger partial charge in [0.25, 0.3) is 5.91 Å². The van der Waals surface area contributed by atoms with Crippen LogP contribution in [0.4, 0.5) is 5.69 Å². The summed E-state index contributed by atoms with van der Waals surface area (Å²) in [7, 11) is 0. The van der Waals surface area contributed by atoms with Crippen molar-refractivity contribution >= 4 is 62.1 Å². The summed E-state index contributed by atoms with van der Waals surface area (Å²) in [4.78, 5) is 17.1. The van der Waals surface area contributed by atoms with Gasteiger partial charge in [-0.1, -0.05) is 39.7 Å². The number of rotatable bonds is 4. The van der Waals surface area contributed by atoms with Crippen LogP contribution >= 0.6 is 39.3 Å². The maximum absolute atomic E-state index is 12.3. The van der Waals surface area contributed by atoms with Crippen LogP contribution in [-0.2, 0) is 4.79 Å². The number of halogens is 2. The average molecular weight is 449 g/mol. The number of nitrogens with zero attached hydrogens (tertiary/aromatic N) is 2. The zero-order valence-electron chi connectivity index (χ0n) is 13.2. The largest absolute Gasteiger partial charge is 0.478 e. The van der Waals surface area contributed by atoms with E-state index in [0.717, 1.165) is 4.47 Å². The van der Waals surface area contributed by atoms with E-state index in [2.05, 4.69) is 26.2 Å². The van der Waals surface area contributed by atoms with E-state index in [4.69, 9.17) is 21.6 Å². The molecule has 0 spiro atoms. The van der Waals surface area contributed by atoms with Crippen molar-refractivity contribution < 1.29 is 9.53 Å². The maximum Gasteiger partial charge on any atom is 0.264 e. The van der Waals surface area contributed by atoms with E-state index in [1.54, 1.807) is 30.3 Å². The molecule has 2 aromatic rings. The Morgan fingerprint density at radius 1 is 1.35 bits per heavy atom. The molecule has 1 aliphatic heterocycles. The predicted molar refractivity (Wildman–Crippen MR) is 108 cm³/mol. The molecule has 5 nitrogen and oxygen atoms in total. The number of benzene rings is 2. The van der Waals surface area contributed by atoms with Gasteiger partial charge >= 0.3 is 0 Å². The molecule has 3 rings (SSSR count). The van der Waals surface area contributed by atoms with E-state index in [9.17, 15) is 4.79 Å². The van der Waals surface area contributed by atoms with E-state index in [1.807, 2.05) is 24.3 Å². The van der Waals surface area contributed by atoms with E-state index >= 15 is 0 Å². The summed E-state index contributed by atoms with van der Waals surface area (Å²) in [6.07, 6.45) is 1.70. The first kappa shape index (κ1) is 18.5. The van der Waals surface area contributed by atoms with Gasteiger partial charge < -0.3 is 10.1 Å². The zero-order chi connectivity index (χ0) is 18.5. The van der Waals surface area contributed by atoms with Gasteiger partial charge in [-0.2, -0.15) is 5.26 Å². The van der Waals surface area contributed by atoms with Gasteiger partial charge in [0.1, 0.15) is 11.8 Å². The highest BCUT2D eigenvalue weighted by Gasteiger charge is 2.24. The Bertz CT molecular complexity index is 969. The van der Waals surface area contributed by atoms with Crippen LogP contribution in [0.1, 0.15) is 5.56 Å². The summed E-state index contributed by atoms with van der Waals surface area (Å²) < 4.78 is 6.25. The van der Waals surface area contributed by atoms with Crippen LogP contribution in [0.15, 0.2) is 56.8 Å². The van der Waals surface area contributed by atoms with Crippen LogP contribution in [0.2, 0.25) is 5.02 Å². The van der Waals surface area contributed by atoms with Crippen LogP contribution in [0.3, 0.4) is 0 Å². The lowest BCUT2D eigenvalue weighted by atomic mass is 10.2. The van der Waals surface area contributed by atoms with Gasteiger partial charge in [0.15, 0.2) is 11.8 Å². The minimum absolute atomic E-state index is 0.0731. The van der Waals surface area contributed by atoms with Gasteiger partial charge in [-0.05, 0) is 48.2 Å². The first-order chi connectivity index (χ1) is 12.6. The van der Waals surface area contributed by atoms with Crippen molar-refractivity contribution in [1.29, 1.82) is 5.26 Å². The Balaban J connectivity index is 1.89. The molecule has 1 aliphatic rings. The highest BCUT2D eigenvalue weighted by Crippen LogP contribution is 2.33. The number of nitrogens with one attached hydrogen (secondary N) is 1. The van der Waals surface area contributed by atoms with Crippen LogP contribution in [0.5, 0.6) is 5.75 Å². The molecule has 1 amide bonds. The molecule has 2 aromatic carbocycles. The number of aliphatic imine (C=N–C) groups is 1. The zero-order valence-corrected chi connectivity index (χ0v) is 16.4. The molecular formula is C18H11BrClN3O2S. The minimum Gasteiger partial charge on any atom is -0.478 e. The normalized spacial score (nSPS) is 16.6. The summed E-state index contributed by atoms with van der Waals surface area (Å²) >= 11 is 10.7. The number of carbonyl (C=O) groups is 1. The molecule has 8 heteroatoms. The van der Waals surface area contributed by atoms with Gasteiger partial charge in [-0.3, -0.25) is 4.79 Å². The molecule has 1 fully saturated rings. The number of carbonyl (C=O) groups excluding carboxylic acids is 1. The number of para-hydroxylation sites is 1. The molecule has 0 atom stereocenters. The lowest BCUT2D eigenvalue weighted by Crippen LogP contribution is -2.19. The molecule has 0 unspecified atom stereocenters. The highest BCUT2D eigenvalue weighted by atomic mass is 79.9. The lowest BCUT2D eigenvalue weighted by molar-refractivity contribution is -0.115. The van der Waals surface area contributed by atoms with E-state index < -0.39 is 0 Å². The van der Waals surface area contributed by atoms with Crippen molar-refractivity contribution in [3.8, 4) is 11.8 Å². The highest BCUT2D eigenvalue weighted by molar-refractivity contribution is 9.10. The van der Waals surface area contributed by atoms with Crippen molar-refractivity contribution in [2.24, 2.45) is 4.99 Å². The molecule has 0 radical (unpaired) electrons. The first-order valence-corrected chi connectivity index (χ1v) is 9.39. The standard InChI is InChI=1S/C18H11BrClN3O2S/c19-12-5-6-15(25-8-7-21)11(9-12)10-16-17(24)23-18(26-16)22-14-4-2-1-3-13(14)20/h1-6,9-10H,8H2,(H,22,23,24)/b16-10-. The third kappa shape index (κ3) is 4.47. The number of nitriles is 1. The molecule has 130 valence electrons. The fourth-order valence-corrected chi connectivity index (χ4v) is 3.53. The van der Waals surface area contributed by atoms with Crippen LogP contribution in [0, 0.1) is 11.3 Å². The number of ether oxygens (including phenoxy) is 1. The fourth-order valence-electron chi connectivity index (χ4n) is 2.15. The van der Waals surface area contributed by atoms with Gasteiger partial charge in [-0.15, -0.1) is 0 Å². The van der Waals surface area contributed by atoms with E-state index in [-0.39, 0.29) is 12.5 Å². The van der Waals surface area contributed by atoms with E-state index in [0.29, 0.717) is 32.1 Å². The molecule has 1 heterocycles. The fraction of sp³-hybridized carbons (Fsp3) is 0.0556. The Morgan fingerprint density at radius 2 is 2.15 bits per heavy atom. The summed E-state index contributed by atoms with van der Waals surface area (Å²) in [5.74, 6) is 0.263. The van der Waals surface area contributed by atoms with Crippen LogP contribution in [-0.4, -0.2) is 17.7 Å². The quantitative estimate of drug-likeness (QED) is 0.675. The Labute approximate surface area is 167 Å². The third-order valence-corrected chi connectivity index (χ3v) is 5.00. The monoisotopic (exact) mass is 447 g/mol. The maximum atomic E-state index is 12.3. The van der Waals surface area contributed by atoms with Crippen molar-refractivity contribution in [2.75, 3.05) is 6.61 Å². The van der Waals surface area contributed by atoms with Gasteiger partial charge in [0.05, 0.1) is 15.6 Å². The lowest BCUT2D eigenvalue weighted by Gasteiger charge is -2.07. The Morgan fingerprint density at radius 3 is 2.92 bits per heavy atom. The van der Waals surface area contributed by atoms with Crippen molar-refractivity contribution in [2.45, 2.75) is 0 Å². The molecule has 1 N–H and O–H groups in total. The van der Waals surface area contributed by atoms with Gasteiger partial charge in [-0.25, -0.2) is 4.99 Å². The van der Waals surface area contributed by atoms with Crippen LogP contribution < -0.4 is 10.1 Å². The Hall–Kier alpha value is -2.27. The van der Waals surface area contributed by atoms with E-state index in [1.165, 1.54) is 11.8 Å². The number of hydrogen-bond acceptors (Lipinski definition) is 5. The van der Waals surface area contributed by atoms with Crippen LogP contribution in [0.25, 0.3) is 6.08 Å². The molecule has 26 heavy (non-hydrogen) atoms. The number of thioether (sulfide) groups is 1. The second kappa shape index (κ2) is 8.41. The summed E-state index contributed by atoms with van der Waals surface area (Å²) in [5.41, 5.74) is 1.27. The first-order valence-electron chi connectivity index (χ1n) is 7.40. The van der Waals surface area contributed by atoms with Gasteiger partial charge in [0.2, 0.25) is 0 Å². The molecule has 0 aliphatic carbocycles. The smallest absolute Gasteiger partial charge is 0.264 e.